The second kappa shape index (κ2) is 5.94. The Morgan fingerprint density at radius 2 is 1.96 bits per heavy atom. The third-order valence-electron chi connectivity index (χ3n) is 5.25. The average molecular weight is 395 g/mol. The summed E-state index contributed by atoms with van der Waals surface area (Å²) in [4.78, 5) is 7.98. The van der Waals surface area contributed by atoms with Crippen molar-refractivity contribution in [1.82, 2.24) is 15.3 Å². The minimum Gasteiger partial charge on any atom is -0.455 e. The third kappa shape index (κ3) is 2.45. The number of aryl methyl sites for hydroxylation is 1. The minimum absolute atomic E-state index is 0.370. The summed E-state index contributed by atoms with van der Waals surface area (Å²) in [5.41, 5.74) is 9.30. The van der Waals surface area contributed by atoms with Crippen molar-refractivity contribution in [2.75, 3.05) is 6.54 Å². The van der Waals surface area contributed by atoms with Crippen LogP contribution in [0, 0.1) is 12.9 Å². The summed E-state index contributed by atoms with van der Waals surface area (Å²) in [6.45, 7) is 2.43. The van der Waals surface area contributed by atoms with Crippen LogP contribution in [0.15, 0.2) is 54.6 Å². The predicted molar refractivity (Wildman–Crippen MR) is 105 cm³/mol. The number of nitrogens with two attached hydrogens (primary N) is 1. The molecule has 0 radical (unpaired) electrons. The minimum atomic E-state index is -0.580. The topological polar surface area (TPSA) is 73.1 Å². The first-order valence-corrected chi connectivity index (χ1v) is 9.17. The SMILES string of the molecule is Cc1cnc(F)c(-c2ccc3c(c2)[C@@]2(C=C(N)NC2)c2cc(Cl)ncc2O3)c1. The highest BCUT2D eigenvalue weighted by atomic mass is 35.5. The van der Waals surface area contributed by atoms with Crippen LogP contribution in [0.4, 0.5) is 4.39 Å². The van der Waals surface area contributed by atoms with Crippen LogP contribution in [0.2, 0.25) is 5.15 Å². The second-order valence-electron chi connectivity index (χ2n) is 7.09. The Morgan fingerprint density at radius 3 is 2.75 bits per heavy atom. The molecule has 4 heterocycles. The van der Waals surface area contributed by atoms with Crippen LogP contribution in [-0.4, -0.2) is 16.5 Å². The quantitative estimate of drug-likeness (QED) is 0.609. The summed E-state index contributed by atoms with van der Waals surface area (Å²) in [7, 11) is 0. The lowest BCUT2D eigenvalue weighted by atomic mass is 9.73. The number of hydrogen-bond donors (Lipinski definition) is 2. The predicted octanol–water partition coefficient (Wildman–Crippen LogP) is 4.04. The first-order valence-electron chi connectivity index (χ1n) is 8.79. The molecule has 0 saturated heterocycles. The Kier molecular flexibility index (Phi) is 3.61. The summed E-state index contributed by atoms with van der Waals surface area (Å²) in [5, 5.41) is 3.56. The molecule has 5 rings (SSSR count). The Hall–Kier alpha value is -3.12. The van der Waals surface area contributed by atoms with Gasteiger partial charge in [0.05, 0.1) is 17.4 Å². The van der Waals surface area contributed by atoms with E-state index in [9.17, 15) is 4.39 Å². The van der Waals surface area contributed by atoms with E-state index in [1.165, 1.54) is 6.20 Å². The number of ether oxygens (including phenoxy) is 1. The van der Waals surface area contributed by atoms with E-state index in [2.05, 4.69) is 15.3 Å². The molecular weight excluding hydrogens is 379 g/mol. The summed E-state index contributed by atoms with van der Waals surface area (Å²) >= 11 is 6.17. The van der Waals surface area contributed by atoms with Gasteiger partial charge in [0.15, 0.2) is 0 Å². The first-order chi connectivity index (χ1) is 13.5. The molecule has 3 aromatic rings. The molecule has 0 saturated carbocycles. The zero-order valence-corrected chi connectivity index (χ0v) is 15.7. The number of fused-ring (bicyclic) bond motifs is 4. The van der Waals surface area contributed by atoms with E-state index in [1.54, 1.807) is 18.3 Å². The maximum atomic E-state index is 14.4. The van der Waals surface area contributed by atoms with Crippen molar-refractivity contribution in [3.8, 4) is 22.6 Å². The maximum Gasteiger partial charge on any atom is 0.220 e. The molecule has 140 valence electrons. The van der Waals surface area contributed by atoms with Crippen molar-refractivity contribution in [3.05, 3.63) is 82.4 Å². The van der Waals surface area contributed by atoms with Crippen LogP contribution in [0.1, 0.15) is 16.7 Å². The number of halogens is 2. The molecule has 1 aromatic carbocycles. The summed E-state index contributed by atoms with van der Waals surface area (Å²) in [5.74, 6) is 1.36. The van der Waals surface area contributed by atoms with Gasteiger partial charge < -0.3 is 15.8 Å². The van der Waals surface area contributed by atoms with Crippen LogP contribution in [0.5, 0.6) is 11.5 Å². The van der Waals surface area contributed by atoms with E-state index in [-0.39, 0.29) is 0 Å². The van der Waals surface area contributed by atoms with Gasteiger partial charge in [-0.15, -0.1) is 0 Å². The number of nitrogens with one attached hydrogen (secondary N) is 1. The Morgan fingerprint density at radius 1 is 1.14 bits per heavy atom. The zero-order chi connectivity index (χ0) is 19.5. The summed E-state index contributed by atoms with van der Waals surface area (Å²) in [6, 6.07) is 9.18. The van der Waals surface area contributed by atoms with Gasteiger partial charge in [-0.2, -0.15) is 4.39 Å². The van der Waals surface area contributed by atoms with Gasteiger partial charge in [-0.05, 0) is 48.4 Å². The van der Waals surface area contributed by atoms with Gasteiger partial charge >= 0.3 is 0 Å². The van der Waals surface area contributed by atoms with E-state index in [0.717, 1.165) is 22.3 Å². The third-order valence-corrected chi connectivity index (χ3v) is 5.46. The zero-order valence-electron chi connectivity index (χ0n) is 15.0. The summed E-state index contributed by atoms with van der Waals surface area (Å²) < 4.78 is 20.5. The number of rotatable bonds is 1. The highest BCUT2D eigenvalue weighted by Gasteiger charge is 2.44. The molecule has 0 bridgehead atoms. The summed E-state index contributed by atoms with van der Waals surface area (Å²) in [6.07, 6.45) is 5.08. The molecule has 0 amide bonds. The lowest BCUT2D eigenvalue weighted by molar-refractivity contribution is 0.422. The van der Waals surface area contributed by atoms with Gasteiger partial charge in [0.1, 0.15) is 16.7 Å². The van der Waals surface area contributed by atoms with Crippen LogP contribution < -0.4 is 15.8 Å². The van der Waals surface area contributed by atoms with Crippen LogP contribution in [0.3, 0.4) is 0 Å². The number of nitrogens with zero attached hydrogens (tertiary/aromatic N) is 2. The fourth-order valence-corrected chi connectivity index (χ4v) is 4.11. The van der Waals surface area contributed by atoms with Gasteiger partial charge in [-0.3, -0.25) is 0 Å². The van der Waals surface area contributed by atoms with E-state index in [1.807, 2.05) is 31.2 Å². The van der Waals surface area contributed by atoms with Crippen LogP contribution in [-0.2, 0) is 5.41 Å². The highest BCUT2D eigenvalue weighted by Crippen LogP contribution is 2.51. The second-order valence-corrected chi connectivity index (χ2v) is 7.48. The average Bonchev–Trinajstić information content (AvgIpc) is 3.07. The number of hydrogen-bond acceptors (Lipinski definition) is 5. The maximum absolute atomic E-state index is 14.4. The van der Waals surface area contributed by atoms with Crippen LogP contribution in [0.25, 0.3) is 11.1 Å². The molecule has 5 nitrogen and oxygen atoms in total. The van der Waals surface area contributed by atoms with Crippen molar-refractivity contribution < 1.29 is 9.13 Å². The largest absolute Gasteiger partial charge is 0.455 e. The fraction of sp³-hybridized carbons (Fsp3) is 0.143. The number of benzene rings is 1. The van der Waals surface area contributed by atoms with Gasteiger partial charge in [0.2, 0.25) is 5.95 Å². The molecular formula is C21H16ClFN4O. The van der Waals surface area contributed by atoms with Gasteiger partial charge in [0.25, 0.3) is 0 Å². The van der Waals surface area contributed by atoms with E-state index in [0.29, 0.717) is 34.6 Å². The molecule has 0 aliphatic carbocycles. The van der Waals surface area contributed by atoms with Gasteiger partial charge in [-0.25, -0.2) is 9.97 Å². The smallest absolute Gasteiger partial charge is 0.220 e. The normalized spacial score (nSPS) is 19.5. The Bertz CT molecular complexity index is 1160. The monoisotopic (exact) mass is 394 g/mol. The Balaban J connectivity index is 1.76. The van der Waals surface area contributed by atoms with Crippen LogP contribution >= 0.6 is 11.6 Å². The standard InChI is InChI=1S/C21H16ClFN4O/c1-11-4-13(20(23)26-8-11)12-2-3-16-14(5-12)21(7-19(24)27-10-21)15-6-18(22)25-9-17(15)28-16/h2-9,27H,10,24H2,1H3/t21-/m0/s1. The number of aromatic nitrogens is 2. The van der Waals surface area contributed by atoms with Crippen molar-refractivity contribution in [3.63, 3.8) is 0 Å². The van der Waals surface area contributed by atoms with E-state index >= 15 is 0 Å². The lowest BCUT2D eigenvalue weighted by Crippen LogP contribution is -2.34. The van der Waals surface area contributed by atoms with Gasteiger partial charge in [0, 0.05) is 29.4 Å². The number of pyridine rings is 2. The Labute approximate surface area is 166 Å². The molecule has 28 heavy (non-hydrogen) atoms. The molecule has 1 spiro atoms. The lowest BCUT2D eigenvalue weighted by Gasteiger charge is -2.35. The molecule has 7 heteroatoms. The van der Waals surface area contributed by atoms with Crippen molar-refractivity contribution >= 4 is 11.6 Å². The molecule has 2 aliphatic rings. The molecule has 1 atom stereocenters. The molecule has 0 unspecified atom stereocenters. The van der Waals surface area contributed by atoms with E-state index in [4.69, 9.17) is 22.1 Å². The van der Waals surface area contributed by atoms with Crippen molar-refractivity contribution in [2.45, 2.75) is 12.3 Å². The fourth-order valence-electron chi connectivity index (χ4n) is 3.96. The molecule has 2 aromatic heterocycles. The van der Waals surface area contributed by atoms with Gasteiger partial charge in [-0.1, -0.05) is 17.7 Å². The molecule has 0 fully saturated rings. The molecule has 3 N–H and O–H groups in total. The van der Waals surface area contributed by atoms with E-state index < -0.39 is 11.4 Å². The molecule has 2 aliphatic heterocycles. The first kappa shape index (κ1) is 17.0. The van der Waals surface area contributed by atoms with Crippen molar-refractivity contribution in [2.24, 2.45) is 5.73 Å². The highest BCUT2D eigenvalue weighted by molar-refractivity contribution is 6.29. The van der Waals surface area contributed by atoms with Crippen molar-refractivity contribution in [1.29, 1.82) is 0 Å².